The molecule has 158 valence electrons. The molecule has 1 heterocycles. The van der Waals surface area contributed by atoms with Gasteiger partial charge in [-0.15, -0.1) is 0 Å². The number of carbonyl (C=O) groups excluding carboxylic acids is 1. The molecule has 4 aliphatic carbocycles. The second-order valence-electron chi connectivity index (χ2n) is 10.9. The number of benzene rings is 1. The van der Waals surface area contributed by atoms with Crippen LogP contribution in [0.15, 0.2) is 24.3 Å². The summed E-state index contributed by atoms with van der Waals surface area (Å²) in [5, 5.41) is 3.56. The maximum Gasteiger partial charge on any atom is 0.219 e. The zero-order valence-electron chi connectivity index (χ0n) is 18.0. The van der Waals surface area contributed by atoms with E-state index in [0.717, 1.165) is 42.8 Å². The van der Waals surface area contributed by atoms with Crippen molar-refractivity contribution in [1.29, 1.82) is 0 Å². The molecular weight excluding hydrogens is 380 g/mol. The molecule has 2 unspecified atom stereocenters. The zero-order valence-corrected chi connectivity index (χ0v) is 18.8. The third-order valence-electron chi connectivity index (χ3n) is 9.07. The first-order valence-electron chi connectivity index (χ1n) is 11.7. The molecule has 5 atom stereocenters. The smallest absolute Gasteiger partial charge is 0.219 e. The van der Waals surface area contributed by atoms with Gasteiger partial charge < -0.3 is 10.2 Å². The van der Waals surface area contributed by atoms with Crippen LogP contribution < -0.4 is 5.32 Å². The molecule has 1 saturated heterocycles. The van der Waals surface area contributed by atoms with Crippen molar-refractivity contribution in [2.45, 2.75) is 82.7 Å². The van der Waals surface area contributed by atoms with Crippen molar-refractivity contribution in [3.05, 3.63) is 34.9 Å². The summed E-state index contributed by atoms with van der Waals surface area (Å²) in [6.07, 6.45) is 10.8. The molecule has 5 fully saturated rings. The monoisotopic (exact) mass is 415 g/mol. The van der Waals surface area contributed by atoms with Gasteiger partial charge in [-0.05, 0) is 80.4 Å². The normalized spacial score (nSPS) is 37.7. The van der Waals surface area contributed by atoms with Crippen LogP contribution in [0.25, 0.3) is 0 Å². The molecular formula is C25H36ClN2O+. The lowest BCUT2D eigenvalue weighted by molar-refractivity contribution is -0.735. The Morgan fingerprint density at radius 3 is 2.31 bits per heavy atom. The molecule has 4 heteroatoms. The van der Waals surface area contributed by atoms with E-state index in [4.69, 9.17) is 11.6 Å². The van der Waals surface area contributed by atoms with Gasteiger partial charge in [-0.3, -0.25) is 4.79 Å². The van der Waals surface area contributed by atoms with E-state index < -0.39 is 0 Å². The van der Waals surface area contributed by atoms with Crippen LogP contribution in [0.2, 0.25) is 5.02 Å². The van der Waals surface area contributed by atoms with E-state index in [-0.39, 0.29) is 5.91 Å². The summed E-state index contributed by atoms with van der Waals surface area (Å²) in [5.41, 5.74) is 2.42. The first-order valence-corrected chi connectivity index (χ1v) is 12.1. The Hall–Kier alpha value is -1.06. The standard InChI is InChI=1S/C25H35ClN2O/c1-17(27-23-7-9-28(10-8-23)18(2)29)24-12-19-11-20(13-24)15-25(14-19,16-24)21-3-5-22(26)6-4-21/h3-6,17,19-20,23,27H,7-16H2,1-2H3/p+1/t17-,19-,20+,24?,25?/m0/s1. The van der Waals surface area contributed by atoms with Gasteiger partial charge in [0.1, 0.15) is 0 Å². The van der Waals surface area contributed by atoms with Gasteiger partial charge in [-0.1, -0.05) is 23.7 Å². The van der Waals surface area contributed by atoms with Crippen LogP contribution in [0, 0.1) is 17.3 Å². The predicted octanol–water partition coefficient (Wildman–Crippen LogP) is 4.14. The molecule has 4 bridgehead atoms. The fraction of sp³-hybridized carbons (Fsp3) is 0.720. The maximum absolute atomic E-state index is 11.7. The minimum absolute atomic E-state index is 0.238. The molecule has 1 aromatic rings. The average molecular weight is 416 g/mol. The number of halogens is 1. The van der Waals surface area contributed by atoms with Gasteiger partial charge in [0.2, 0.25) is 5.91 Å². The molecule has 2 N–H and O–H groups in total. The molecule has 1 amide bonds. The quantitative estimate of drug-likeness (QED) is 0.788. The maximum atomic E-state index is 11.7. The van der Waals surface area contributed by atoms with Gasteiger partial charge in [0.15, 0.2) is 0 Å². The first-order chi connectivity index (χ1) is 13.9. The van der Waals surface area contributed by atoms with Crippen molar-refractivity contribution in [1.82, 2.24) is 4.90 Å². The van der Waals surface area contributed by atoms with Gasteiger partial charge in [0.05, 0.1) is 12.1 Å². The van der Waals surface area contributed by atoms with E-state index >= 15 is 0 Å². The van der Waals surface area contributed by atoms with Gasteiger partial charge in [-0.25, -0.2) is 0 Å². The minimum Gasteiger partial charge on any atom is -0.342 e. The molecule has 3 nitrogen and oxygen atoms in total. The van der Waals surface area contributed by atoms with E-state index in [2.05, 4.69) is 36.5 Å². The van der Waals surface area contributed by atoms with Crippen molar-refractivity contribution in [3.8, 4) is 0 Å². The van der Waals surface area contributed by atoms with E-state index in [1.54, 1.807) is 12.5 Å². The van der Waals surface area contributed by atoms with Gasteiger partial charge >= 0.3 is 0 Å². The Morgan fingerprint density at radius 1 is 1.10 bits per heavy atom. The summed E-state index contributed by atoms with van der Waals surface area (Å²) < 4.78 is 0. The van der Waals surface area contributed by atoms with Crippen molar-refractivity contribution < 1.29 is 10.1 Å². The Kier molecular flexibility index (Phi) is 4.98. The topological polar surface area (TPSA) is 36.9 Å². The lowest BCUT2D eigenvalue weighted by atomic mass is 9.41. The molecule has 4 saturated carbocycles. The molecule has 1 aromatic carbocycles. The van der Waals surface area contributed by atoms with E-state index in [1.165, 1.54) is 38.5 Å². The minimum atomic E-state index is 0.238. The van der Waals surface area contributed by atoms with E-state index in [1.807, 2.05) is 4.90 Å². The number of carbonyl (C=O) groups is 1. The summed E-state index contributed by atoms with van der Waals surface area (Å²) in [6, 6.07) is 10.2. The van der Waals surface area contributed by atoms with Crippen LogP contribution in [0.5, 0.6) is 0 Å². The summed E-state index contributed by atoms with van der Waals surface area (Å²) in [6.45, 7) is 6.10. The summed E-state index contributed by atoms with van der Waals surface area (Å²) >= 11 is 6.21. The van der Waals surface area contributed by atoms with E-state index in [9.17, 15) is 4.79 Å². The van der Waals surface area contributed by atoms with Gasteiger partial charge in [-0.2, -0.15) is 0 Å². The molecule has 0 aromatic heterocycles. The molecule has 5 aliphatic rings. The first kappa shape index (κ1) is 19.9. The molecule has 29 heavy (non-hydrogen) atoms. The highest BCUT2D eigenvalue weighted by Gasteiger charge is 2.61. The molecule has 1 aliphatic heterocycles. The summed E-state index contributed by atoms with van der Waals surface area (Å²) in [7, 11) is 0. The van der Waals surface area contributed by atoms with Crippen LogP contribution in [0.4, 0.5) is 0 Å². The highest BCUT2D eigenvalue weighted by atomic mass is 35.5. The number of quaternary nitrogens is 1. The summed E-state index contributed by atoms with van der Waals surface area (Å²) in [5.74, 6) is 2.05. The average Bonchev–Trinajstić information content (AvgIpc) is 2.68. The number of amides is 1. The van der Waals surface area contributed by atoms with Gasteiger partial charge in [0.25, 0.3) is 0 Å². The molecule has 6 rings (SSSR count). The van der Waals surface area contributed by atoms with Crippen molar-refractivity contribution in [3.63, 3.8) is 0 Å². The highest BCUT2D eigenvalue weighted by molar-refractivity contribution is 6.30. The van der Waals surface area contributed by atoms with E-state index in [0.29, 0.717) is 22.9 Å². The SMILES string of the molecule is CC(=O)N1CCC([NH2+][C@@H](C)C23C[C@@H]4C[C@@H](CC(c5ccc(Cl)cc5)(C4)C2)C3)CC1. The van der Waals surface area contributed by atoms with Crippen LogP contribution in [0.1, 0.15) is 70.8 Å². The Bertz CT molecular complexity index is 754. The van der Waals surface area contributed by atoms with Crippen LogP contribution in [-0.4, -0.2) is 36.0 Å². The van der Waals surface area contributed by atoms with Crippen LogP contribution in [0.3, 0.4) is 0 Å². The zero-order chi connectivity index (χ0) is 20.2. The lowest BCUT2D eigenvalue weighted by Gasteiger charge is -2.63. The fourth-order valence-electron chi connectivity index (χ4n) is 8.03. The lowest BCUT2D eigenvalue weighted by Crippen LogP contribution is -2.98. The highest BCUT2D eigenvalue weighted by Crippen LogP contribution is 2.66. The van der Waals surface area contributed by atoms with Crippen molar-refractivity contribution >= 4 is 17.5 Å². The van der Waals surface area contributed by atoms with Crippen LogP contribution in [-0.2, 0) is 10.2 Å². The molecule has 0 radical (unpaired) electrons. The number of nitrogens with two attached hydrogens (primary N) is 1. The predicted molar refractivity (Wildman–Crippen MR) is 117 cm³/mol. The second-order valence-corrected chi connectivity index (χ2v) is 11.4. The Labute approximate surface area is 180 Å². The Morgan fingerprint density at radius 2 is 1.72 bits per heavy atom. The third-order valence-corrected chi connectivity index (χ3v) is 9.33. The number of piperidine rings is 1. The third kappa shape index (κ3) is 3.53. The second kappa shape index (κ2) is 7.27. The molecule has 0 spiro atoms. The Balaban J connectivity index is 1.33. The number of nitrogens with zero attached hydrogens (tertiary/aromatic N) is 1. The number of rotatable bonds is 4. The van der Waals surface area contributed by atoms with Gasteiger partial charge in [0, 0.05) is 43.3 Å². The fourth-order valence-corrected chi connectivity index (χ4v) is 8.15. The summed E-state index contributed by atoms with van der Waals surface area (Å²) in [4.78, 5) is 13.7. The number of hydrogen-bond acceptors (Lipinski definition) is 1. The van der Waals surface area contributed by atoms with Crippen molar-refractivity contribution in [2.75, 3.05) is 13.1 Å². The number of hydrogen-bond donors (Lipinski definition) is 1. The van der Waals surface area contributed by atoms with Crippen molar-refractivity contribution in [2.24, 2.45) is 17.3 Å². The number of likely N-dealkylation sites (tertiary alicyclic amines) is 1. The largest absolute Gasteiger partial charge is 0.342 e. The van der Waals surface area contributed by atoms with Crippen LogP contribution >= 0.6 is 11.6 Å².